The van der Waals surface area contributed by atoms with Gasteiger partial charge < -0.3 is 16.0 Å². The van der Waals surface area contributed by atoms with Crippen LogP contribution in [0.1, 0.15) is 19.8 Å². The Morgan fingerprint density at radius 3 is 2.69 bits per heavy atom. The summed E-state index contributed by atoms with van der Waals surface area (Å²) >= 11 is 0. The van der Waals surface area contributed by atoms with Gasteiger partial charge in [-0.1, -0.05) is 6.07 Å². The summed E-state index contributed by atoms with van der Waals surface area (Å²) in [5.74, 6) is -0.922. The minimum atomic E-state index is -0.670. The molecule has 164 valence electrons. The summed E-state index contributed by atoms with van der Waals surface area (Å²) in [7, 11) is 0. The normalized spacial score (nSPS) is 18.8. The fourth-order valence-electron chi connectivity index (χ4n) is 4.17. The first-order chi connectivity index (χ1) is 15.5. The predicted octanol–water partition coefficient (Wildman–Crippen LogP) is 4.13. The van der Waals surface area contributed by atoms with Crippen LogP contribution in [0.15, 0.2) is 55.0 Å². The third-order valence-electron chi connectivity index (χ3n) is 5.88. The third kappa shape index (κ3) is 3.64. The van der Waals surface area contributed by atoms with E-state index >= 15 is 0 Å². The zero-order chi connectivity index (χ0) is 22.2. The second-order valence-corrected chi connectivity index (χ2v) is 8.09. The number of imidazole rings is 1. The second kappa shape index (κ2) is 8.16. The summed E-state index contributed by atoms with van der Waals surface area (Å²) in [6.07, 6.45) is 7.12. The van der Waals surface area contributed by atoms with Gasteiger partial charge in [0.25, 0.3) is 0 Å². The number of hydrogen-bond donors (Lipinski definition) is 2. The van der Waals surface area contributed by atoms with Gasteiger partial charge >= 0.3 is 0 Å². The number of hydrogen-bond acceptors (Lipinski definition) is 6. The topological polar surface area (TPSA) is 84.4 Å². The number of anilines is 3. The van der Waals surface area contributed by atoms with Crippen LogP contribution < -0.4 is 16.0 Å². The number of nitrogens with one attached hydrogen (secondary N) is 1. The smallest absolute Gasteiger partial charge is 0.229 e. The highest BCUT2D eigenvalue weighted by Gasteiger charge is 2.25. The van der Waals surface area contributed by atoms with Gasteiger partial charge in [0.15, 0.2) is 0 Å². The number of pyridine rings is 1. The van der Waals surface area contributed by atoms with Crippen molar-refractivity contribution < 1.29 is 8.78 Å². The van der Waals surface area contributed by atoms with Crippen molar-refractivity contribution in [3.63, 3.8) is 0 Å². The summed E-state index contributed by atoms with van der Waals surface area (Å²) in [5.41, 5.74) is 8.63. The van der Waals surface area contributed by atoms with Gasteiger partial charge in [-0.15, -0.1) is 0 Å². The molecular weight excluding hydrogens is 412 g/mol. The molecule has 1 fully saturated rings. The van der Waals surface area contributed by atoms with E-state index in [1.807, 2.05) is 6.07 Å². The maximum atomic E-state index is 14.3. The van der Waals surface area contributed by atoms with Crippen LogP contribution in [0.4, 0.5) is 26.1 Å². The largest absolute Gasteiger partial charge is 0.366 e. The predicted molar refractivity (Wildman–Crippen MR) is 120 cm³/mol. The molecule has 0 saturated carbocycles. The lowest BCUT2D eigenvalue weighted by atomic mass is 9.99. The average Bonchev–Trinajstić information content (AvgIpc) is 3.18. The number of halogens is 2. The Labute approximate surface area is 183 Å². The Morgan fingerprint density at radius 1 is 1.06 bits per heavy atom. The van der Waals surface area contributed by atoms with Gasteiger partial charge in [0.1, 0.15) is 11.6 Å². The molecule has 32 heavy (non-hydrogen) atoms. The van der Waals surface area contributed by atoms with Crippen LogP contribution in [0.5, 0.6) is 0 Å². The lowest BCUT2D eigenvalue weighted by Gasteiger charge is -2.39. The highest BCUT2D eigenvalue weighted by Crippen LogP contribution is 2.32. The first kappa shape index (κ1) is 20.3. The molecule has 3 N–H and O–H groups in total. The summed E-state index contributed by atoms with van der Waals surface area (Å²) in [6.45, 7) is 2.93. The van der Waals surface area contributed by atoms with Crippen molar-refractivity contribution in [1.82, 2.24) is 19.6 Å². The van der Waals surface area contributed by atoms with E-state index in [4.69, 9.17) is 5.73 Å². The molecule has 4 heterocycles. The maximum Gasteiger partial charge on any atom is 0.229 e. The number of nitrogens with zero attached hydrogens (tertiary/aromatic N) is 5. The monoisotopic (exact) mass is 435 g/mol. The second-order valence-electron chi connectivity index (χ2n) is 8.09. The molecule has 1 aliphatic rings. The number of nitrogens with two attached hydrogens (primary N) is 1. The van der Waals surface area contributed by atoms with Crippen molar-refractivity contribution >= 4 is 22.8 Å². The zero-order valence-corrected chi connectivity index (χ0v) is 17.5. The van der Waals surface area contributed by atoms with Gasteiger partial charge in [0.05, 0.1) is 40.5 Å². The molecule has 2 atom stereocenters. The number of fused-ring (bicyclic) bond motifs is 1. The van der Waals surface area contributed by atoms with Crippen LogP contribution in [0.2, 0.25) is 0 Å². The van der Waals surface area contributed by atoms with Crippen LogP contribution >= 0.6 is 0 Å². The molecule has 0 radical (unpaired) electrons. The van der Waals surface area contributed by atoms with E-state index in [0.29, 0.717) is 17.5 Å². The van der Waals surface area contributed by atoms with E-state index < -0.39 is 11.6 Å². The minimum Gasteiger partial charge on any atom is -0.366 e. The van der Waals surface area contributed by atoms with Crippen molar-refractivity contribution in [3.8, 4) is 11.3 Å². The standard InChI is InChI=1S/C23H23F2N7/c1-14-5-6-15(26)13-31(14)21-9-10-27-12-20(21)29-23-28-11-16-7-8-19(30-32(16)23)22-17(24)3-2-4-18(22)25/h2-4,7-12,14-15H,5-6,13,26H2,1H3,(H,28,29). The molecule has 0 bridgehead atoms. The van der Waals surface area contributed by atoms with Crippen molar-refractivity contribution in [2.45, 2.75) is 31.8 Å². The lowest BCUT2D eigenvalue weighted by molar-refractivity contribution is 0.437. The number of aromatic nitrogens is 4. The Bertz CT molecular complexity index is 1250. The molecule has 3 aromatic heterocycles. The van der Waals surface area contributed by atoms with Gasteiger partial charge in [-0.3, -0.25) is 4.98 Å². The quantitative estimate of drug-likeness (QED) is 0.502. The van der Waals surface area contributed by atoms with E-state index in [9.17, 15) is 8.78 Å². The van der Waals surface area contributed by atoms with Crippen molar-refractivity contribution in [2.75, 3.05) is 16.8 Å². The summed E-state index contributed by atoms with van der Waals surface area (Å²) in [6, 6.07) is 9.45. The maximum absolute atomic E-state index is 14.3. The first-order valence-electron chi connectivity index (χ1n) is 10.5. The third-order valence-corrected chi connectivity index (χ3v) is 5.88. The van der Waals surface area contributed by atoms with Crippen LogP contribution in [-0.4, -0.2) is 38.2 Å². The van der Waals surface area contributed by atoms with Crippen LogP contribution in [0.3, 0.4) is 0 Å². The van der Waals surface area contributed by atoms with Gasteiger partial charge in [0.2, 0.25) is 5.95 Å². The SMILES string of the molecule is CC1CCC(N)CN1c1ccncc1Nc1ncc2ccc(-c3c(F)cccc3F)nn12. The molecule has 2 unspecified atom stereocenters. The number of benzene rings is 1. The average molecular weight is 435 g/mol. The number of piperidine rings is 1. The zero-order valence-electron chi connectivity index (χ0n) is 17.5. The fourth-order valence-corrected chi connectivity index (χ4v) is 4.17. The van der Waals surface area contributed by atoms with Gasteiger partial charge in [-0.2, -0.15) is 9.61 Å². The Kier molecular flexibility index (Phi) is 5.18. The molecule has 0 amide bonds. The molecule has 5 rings (SSSR count). The van der Waals surface area contributed by atoms with Crippen LogP contribution in [0.25, 0.3) is 16.8 Å². The highest BCUT2D eigenvalue weighted by atomic mass is 19.1. The van der Waals surface area contributed by atoms with Gasteiger partial charge in [-0.25, -0.2) is 13.8 Å². The first-order valence-corrected chi connectivity index (χ1v) is 10.5. The van der Waals surface area contributed by atoms with E-state index in [-0.39, 0.29) is 17.3 Å². The highest BCUT2D eigenvalue weighted by molar-refractivity contribution is 5.74. The Morgan fingerprint density at radius 2 is 1.88 bits per heavy atom. The molecule has 0 aliphatic carbocycles. The summed E-state index contributed by atoms with van der Waals surface area (Å²) < 4.78 is 30.1. The molecule has 1 aliphatic heterocycles. The Balaban J connectivity index is 1.53. The van der Waals surface area contributed by atoms with Crippen molar-refractivity contribution in [1.29, 1.82) is 0 Å². The van der Waals surface area contributed by atoms with E-state index in [0.717, 1.165) is 30.8 Å². The van der Waals surface area contributed by atoms with E-state index in [1.54, 1.807) is 30.7 Å². The summed E-state index contributed by atoms with van der Waals surface area (Å²) in [5, 5.41) is 7.74. The van der Waals surface area contributed by atoms with Gasteiger partial charge in [-0.05, 0) is 50.1 Å². The Hall–Kier alpha value is -3.59. The van der Waals surface area contributed by atoms with Crippen molar-refractivity contribution in [2.24, 2.45) is 5.73 Å². The van der Waals surface area contributed by atoms with E-state index in [1.165, 1.54) is 22.7 Å². The fraction of sp³-hybridized carbons (Fsp3) is 0.261. The molecule has 1 saturated heterocycles. The van der Waals surface area contributed by atoms with Crippen LogP contribution in [-0.2, 0) is 0 Å². The summed E-state index contributed by atoms with van der Waals surface area (Å²) in [4.78, 5) is 10.9. The van der Waals surface area contributed by atoms with Crippen molar-refractivity contribution in [3.05, 3.63) is 66.6 Å². The molecule has 0 spiro atoms. The number of rotatable bonds is 4. The molecule has 7 nitrogen and oxygen atoms in total. The van der Waals surface area contributed by atoms with Crippen LogP contribution in [0, 0.1) is 11.6 Å². The molecular formula is C23H23F2N7. The minimum absolute atomic E-state index is 0.111. The van der Waals surface area contributed by atoms with Gasteiger partial charge in [0, 0.05) is 24.8 Å². The van der Waals surface area contributed by atoms with E-state index in [2.05, 4.69) is 32.2 Å². The molecule has 9 heteroatoms. The molecule has 4 aromatic rings. The molecule has 1 aromatic carbocycles. The lowest BCUT2D eigenvalue weighted by Crippen LogP contribution is -2.47.